The summed E-state index contributed by atoms with van der Waals surface area (Å²) in [4.78, 5) is 8.51. The molecule has 68 valence electrons. The zero-order valence-corrected chi connectivity index (χ0v) is 8.43. The van der Waals surface area contributed by atoms with Crippen molar-refractivity contribution in [3.05, 3.63) is 23.5 Å². The van der Waals surface area contributed by atoms with Gasteiger partial charge in [0.05, 0.1) is 22.5 Å². The molecule has 0 bridgehead atoms. The number of pyridine rings is 1. The molecule has 0 spiro atoms. The first-order valence-electron chi connectivity index (χ1n) is 4.19. The van der Waals surface area contributed by atoms with Crippen molar-refractivity contribution < 1.29 is 0 Å². The van der Waals surface area contributed by atoms with E-state index in [0.29, 0.717) is 6.04 Å². The number of aromatic nitrogens is 2. The Morgan fingerprint density at radius 2 is 2.38 bits per heavy atom. The Morgan fingerprint density at radius 3 is 3.08 bits per heavy atom. The van der Waals surface area contributed by atoms with Gasteiger partial charge in [0, 0.05) is 6.20 Å². The number of hydrogen-bond donors (Lipinski definition) is 1. The van der Waals surface area contributed by atoms with E-state index in [1.54, 1.807) is 23.7 Å². The van der Waals surface area contributed by atoms with Gasteiger partial charge in [0.15, 0.2) is 0 Å². The van der Waals surface area contributed by atoms with Gasteiger partial charge in [-0.2, -0.15) is 0 Å². The molecule has 4 heteroatoms. The van der Waals surface area contributed by atoms with Crippen molar-refractivity contribution in [3.63, 3.8) is 0 Å². The average Bonchev–Trinajstić information content (AvgIpc) is 2.59. The molecule has 0 radical (unpaired) electrons. The molecule has 3 nitrogen and oxygen atoms in total. The van der Waals surface area contributed by atoms with Crippen LogP contribution in [0.3, 0.4) is 0 Å². The first kappa shape index (κ1) is 8.59. The second-order valence-corrected chi connectivity index (χ2v) is 3.97. The lowest BCUT2D eigenvalue weighted by molar-refractivity contribution is 0.649. The van der Waals surface area contributed by atoms with E-state index >= 15 is 0 Å². The Balaban J connectivity index is 2.49. The monoisotopic (exact) mass is 193 g/mol. The standard InChI is InChI=1S/C9H11N3S/c1-6(10-2)9-12-7-5-11-4-3-8(7)13-9/h3-6,10H,1-2H3. The van der Waals surface area contributed by atoms with Crippen LogP contribution >= 0.6 is 11.3 Å². The summed E-state index contributed by atoms with van der Waals surface area (Å²) in [5.41, 5.74) is 0.990. The van der Waals surface area contributed by atoms with Crippen molar-refractivity contribution in [2.24, 2.45) is 0 Å². The van der Waals surface area contributed by atoms with E-state index in [2.05, 4.69) is 22.2 Å². The second kappa shape index (κ2) is 3.40. The van der Waals surface area contributed by atoms with Gasteiger partial charge in [0.25, 0.3) is 0 Å². The Morgan fingerprint density at radius 1 is 1.54 bits per heavy atom. The van der Waals surface area contributed by atoms with Gasteiger partial charge in [-0.15, -0.1) is 11.3 Å². The molecular formula is C9H11N3S. The Kier molecular flexibility index (Phi) is 2.24. The summed E-state index contributed by atoms with van der Waals surface area (Å²) in [6, 6.07) is 2.32. The number of hydrogen-bond acceptors (Lipinski definition) is 4. The second-order valence-electron chi connectivity index (χ2n) is 2.91. The number of nitrogens with one attached hydrogen (secondary N) is 1. The van der Waals surface area contributed by atoms with Gasteiger partial charge in [-0.3, -0.25) is 4.98 Å². The Hall–Kier alpha value is -1.00. The van der Waals surface area contributed by atoms with Gasteiger partial charge >= 0.3 is 0 Å². The maximum atomic E-state index is 4.48. The number of nitrogens with zero attached hydrogens (tertiary/aromatic N) is 2. The SMILES string of the molecule is CNC(C)c1nc2cnccc2s1. The molecule has 0 amide bonds. The van der Waals surface area contributed by atoms with E-state index < -0.39 is 0 Å². The third-order valence-corrected chi connectivity index (χ3v) is 3.23. The van der Waals surface area contributed by atoms with Crippen LogP contribution in [0.1, 0.15) is 18.0 Å². The fourth-order valence-electron chi connectivity index (χ4n) is 1.11. The average molecular weight is 193 g/mol. The van der Waals surface area contributed by atoms with Crippen LogP contribution in [0.15, 0.2) is 18.5 Å². The zero-order chi connectivity index (χ0) is 9.26. The molecular weight excluding hydrogens is 182 g/mol. The highest BCUT2D eigenvalue weighted by molar-refractivity contribution is 7.18. The van der Waals surface area contributed by atoms with E-state index in [0.717, 1.165) is 10.5 Å². The Bertz CT molecular complexity index is 377. The van der Waals surface area contributed by atoms with Crippen LogP contribution in [0.4, 0.5) is 0 Å². The van der Waals surface area contributed by atoms with Crippen molar-refractivity contribution in [1.29, 1.82) is 0 Å². The van der Waals surface area contributed by atoms with Crippen molar-refractivity contribution in [1.82, 2.24) is 15.3 Å². The fourth-order valence-corrected chi connectivity index (χ4v) is 2.10. The van der Waals surface area contributed by atoms with E-state index in [4.69, 9.17) is 0 Å². The quantitative estimate of drug-likeness (QED) is 0.792. The predicted molar refractivity (Wildman–Crippen MR) is 54.9 cm³/mol. The van der Waals surface area contributed by atoms with Crippen molar-refractivity contribution >= 4 is 21.6 Å². The maximum absolute atomic E-state index is 4.48. The number of rotatable bonds is 2. The molecule has 0 aliphatic rings. The smallest absolute Gasteiger partial charge is 0.111 e. The minimum absolute atomic E-state index is 0.317. The van der Waals surface area contributed by atoms with Gasteiger partial charge in [-0.05, 0) is 20.0 Å². The van der Waals surface area contributed by atoms with Crippen LogP contribution in [-0.4, -0.2) is 17.0 Å². The summed E-state index contributed by atoms with van der Waals surface area (Å²) < 4.78 is 1.20. The van der Waals surface area contributed by atoms with E-state index in [1.165, 1.54) is 4.70 Å². The van der Waals surface area contributed by atoms with E-state index in [1.807, 2.05) is 13.1 Å². The summed E-state index contributed by atoms with van der Waals surface area (Å²) in [6.45, 7) is 2.10. The molecule has 2 heterocycles. The highest BCUT2D eigenvalue weighted by atomic mass is 32.1. The molecule has 2 rings (SSSR count). The molecule has 0 saturated heterocycles. The molecule has 0 aliphatic carbocycles. The predicted octanol–water partition coefficient (Wildman–Crippen LogP) is 1.97. The summed E-state index contributed by atoms with van der Waals surface area (Å²) in [5, 5.41) is 4.29. The summed E-state index contributed by atoms with van der Waals surface area (Å²) in [7, 11) is 1.94. The largest absolute Gasteiger partial charge is 0.311 e. The number of thiazole rings is 1. The minimum Gasteiger partial charge on any atom is -0.311 e. The molecule has 1 N–H and O–H groups in total. The molecule has 0 aromatic carbocycles. The van der Waals surface area contributed by atoms with Gasteiger partial charge in [0.1, 0.15) is 5.01 Å². The molecule has 0 aliphatic heterocycles. The van der Waals surface area contributed by atoms with Gasteiger partial charge in [-0.1, -0.05) is 0 Å². The molecule has 1 atom stereocenters. The molecule has 2 aromatic heterocycles. The third kappa shape index (κ3) is 1.55. The van der Waals surface area contributed by atoms with E-state index in [9.17, 15) is 0 Å². The number of fused-ring (bicyclic) bond motifs is 1. The van der Waals surface area contributed by atoms with Crippen LogP contribution in [0.5, 0.6) is 0 Å². The highest BCUT2D eigenvalue weighted by Gasteiger charge is 2.08. The topological polar surface area (TPSA) is 37.8 Å². The molecule has 13 heavy (non-hydrogen) atoms. The van der Waals surface area contributed by atoms with Gasteiger partial charge in [-0.25, -0.2) is 4.98 Å². The summed E-state index contributed by atoms with van der Waals surface area (Å²) in [5.74, 6) is 0. The van der Waals surface area contributed by atoms with Crippen LogP contribution < -0.4 is 5.32 Å². The third-order valence-electron chi connectivity index (χ3n) is 2.01. The van der Waals surface area contributed by atoms with Crippen LogP contribution in [-0.2, 0) is 0 Å². The van der Waals surface area contributed by atoms with Crippen molar-refractivity contribution in [3.8, 4) is 0 Å². The molecule has 2 aromatic rings. The van der Waals surface area contributed by atoms with E-state index in [-0.39, 0.29) is 0 Å². The summed E-state index contributed by atoms with van der Waals surface area (Å²) >= 11 is 1.72. The summed E-state index contributed by atoms with van der Waals surface area (Å²) in [6.07, 6.45) is 3.60. The normalized spacial score (nSPS) is 13.4. The van der Waals surface area contributed by atoms with Crippen LogP contribution in [0.25, 0.3) is 10.2 Å². The zero-order valence-electron chi connectivity index (χ0n) is 7.61. The highest BCUT2D eigenvalue weighted by Crippen LogP contribution is 2.24. The van der Waals surface area contributed by atoms with Gasteiger partial charge < -0.3 is 5.32 Å². The van der Waals surface area contributed by atoms with Crippen molar-refractivity contribution in [2.45, 2.75) is 13.0 Å². The Labute approximate surface area is 80.8 Å². The minimum atomic E-state index is 0.317. The first-order valence-corrected chi connectivity index (χ1v) is 5.00. The first-order chi connectivity index (χ1) is 6.31. The van der Waals surface area contributed by atoms with Crippen molar-refractivity contribution in [2.75, 3.05) is 7.05 Å². The van der Waals surface area contributed by atoms with Crippen LogP contribution in [0.2, 0.25) is 0 Å². The molecule has 0 saturated carbocycles. The lowest BCUT2D eigenvalue weighted by Gasteiger charge is -2.03. The lowest BCUT2D eigenvalue weighted by Crippen LogP contribution is -2.11. The molecule has 0 fully saturated rings. The fraction of sp³-hybridized carbons (Fsp3) is 0.333. The maximum Gasteiger partial charge on any atom is 0.111 e. The van der Waals surface area contributed by atoms with Gasteiger partial charge in [0.2, 0.25) is 0 Å². The molecule has 1 unspecified atom stereocenters. The van der Waals surface area contributed by atoms with Crippen LogP contribution in [0, 0.1) is 0 Å². The lowest BCUT2D eigenvalue weighted by atomic mass is 10.4.